The number of fused-ring (bicyclic) bond motifs is 2. The van der Waals surface area contributed by atoms with Crippen molar-refractivity contribution in [1.82, 2.24) is 0 Å². The minimum Gasteiger partial charge on any atom is -0.496 e. The van der Waals surface area contributed by atoms with Gasteiger partial charge in [-0.2, -0.15) is 0 Å². The molecule has 0 fully saturated rings. The van der Waals surface area contributed by atoms with Crippen LogP contribution in [-0.2, 0) is 4.74 Å². The molecule has 5 rings (SSSR count). The normalized spacial score (nSPS) is 11.9. The van der Waals surface area contributed by atoms with E-state index in [1.54, 1.807) is 40.6 Å². The van der Waals surface area contributed by atoms with Gasteiger partial charge in [-0.25, -0.2) is 4.79 Å². The van der Waals surface area contributed by atoms with Gasteiger partial charge < -0.3 is 33.5 Å². The van der Waals surface area contributed by atoms with Crippen molar-refractivity contribution in [1.29, 1.82) is 0 Å². The molecule has 0 unspecified atom stereocenters. The smallest absolute Gasteiger partial charge is 0.338 e. The molecule has 224 valence electrons. The van der Waals surface area contributed by atoms with E-state index >= 15 is 0 Å². The summed E-state index contributed by atoms with van der Waals surface area (Å²) in [7, 11) is 7.90. The van der Waals surface area contributed by atoms with Crippen LogP contribution in [-0.4, -0.2) is 54.6 Å². The molecule has 0 N–H and O–H groups in total. The molecule has 0 aromatic heterocycles. The van der Waals surface area contributed by atoms with Gasteiger partial charge >= 0.3 is 5.97 Å². The van der Waals surface area contributed by atoms with Crippen molar-refractivity contribution in [3.8, 4) is 45.3 Å². The highest BCUT2D eigenvalue weighted by atomic mass is 16.5. The summed E-state index contributed by atoms with van der Waals surface area (Å²) in [5, 5.41) is 0. The van der Waals surface area contributed by atoms with Gasteiger partial charge in [0, 0.05) is 13.1 Å². The molecule has 0 spiro atoms. The van der Waals surface area contributed by atoms with Crippen molar-refractivity contribution in [2.75, 3.05) is 58.4 Å². The van der Waals surface area contributed by atoms with Crippen LogP contribution in [0.4, 0.5) is 22.7 Å². The topological polar surface area (TPSA) is 69.7 Å². The van der Waals surface area contributed by atoms with E-state index in [-0.39, 0.29) is 0 Å². The number of aryl methyl sites for hydroxylation is 1. The van der Waals surface area contributed by atoms with Crippen molar-refractivity contribution in [2.24, 2.45) is 0 Å². The van der Waals surface area contributed by atoms with Gasteiger partial charge in [0.25, 0.3) is 0 Å². The quantitative estimate of drug-likeness (QED) is 0.185. The van der Waals surface area contributed by atoms with Gasteiger partial charge in [0.1, 0.15) is 23.0 Å². The Kier molecular flexibility index (Phi) is 8.39. The number of carbonyl (C=O) groups is 1. The maximum absolute atomic E-state index is 12.3. The number of rotatable bonds is 9. The van der Waals surface area contributed by atoms with Crippen LogP contribution in [0.1, 0.15) is 29.8 Å². The molecule has 0 radical (unpaired) electrons. The van der Waals surface area contributed by atoms with E-state index in [0.29, 0.717) is 17.1 Å². The van der Waals surface area contributed by atoms with Crippen LogP contribution in [0.3, 0.4) is 0 Å². The van der Waals surface area contributed by atoms with Crippen LogP contribution >= 0.6 is 0 Å². The number of nitrogens with zero attached hydrogens (tertiary/aromatic N) is 2. The highest BCUT2D eigenvalue weighted by molar-refractivity contribution is 5.98. The van der Waals surface area contributed by atoms with E-state index < -0.39 is 5.97 Å². The molecule has 0 saturated carbocycles. The number of ether oxygens (including phenoxy) is 5. The standard InChI is InChI=1S/C35H38N2O6/c1-9-36-26-14-12-23(34-31(41-6)19-24(35(38)43-8)20-32(34)42-7)18-28(26)37(10-2)25-13-11-22(17-27(25)36)33-29(39-4)15-21(3)16-30(33)40-5/h11-20H,9-10H2,1-8H3. The molecule has 43 heavy (non-hydrogen) atoms. The third-order valence-corrected chi connectivity index (χ3v) is 7.90. The molecule has 8 nitrogen and oxygen atoms in total. The van der Waals surface area contributed by atoms with E-state index in [9.17, 15) is 4.79 Å². The van der Waals surface area contributed by atoms with E-state index in [2.05, 4.69) is 60.0 Å². The summed E-state index contributed by atoms with van der Waals surface area (Å²) in [4.78, 5) is 16.9. The molecule has 8 heteroatoms. The Labute approximate surface area is 253 Å². The molecule has 1 heterocycles. The molecule has 0 bridgehead atoms. The van der Waals surface area contributed by atoms with Crippen molar-refractivity contribution < 1.29 is 28.5 Å². The fraction of sp³-hybridized carbons (Fsp3) is 0.286. The number of carbonyl (C=O) groups excluding carboxylic acids is 1. The lowest BCUT2D eigenvalue weighted by molar-refractivity contribution is 0.0600. The molecule has 0 aliphatic carbocycles. The molecule has 0 amide bonds. The van der Waals surface area contributed by atoms with Gasteiger partial charge in [0.2, 0.25) is 0 Å². The molecule has 0 saturated heterocycles. The first-order valence-electron chi connectivity index (χ1n) is 14.2. The summed E-state index contributed by atoms with van der Waals surface area (Å²) in [6, 6.07) is 20.3. The van der Waals surface area contributed by atoms with Crippen molar-refractivity contribution in [3.63, 3.8) is 0 Å². The van der Waals surface area contributed by atoms with E-state index in [4.69, 9.17) is 23.7 Å². The summed E-state index contributed by atoms with van der Waals surface area (Å²) < 4.78 is 28.0. The van der Waals surface area contributed by atoms with Gasteiger partial charge in [-0.3, -0.25) is 0 Å². The van der Waals surface area contributed by atoms with Gasteiger partial charge in [-0.05, 0) is 86.0 Å². The minimum absolute atomic E-state index is 0.358. The van der Waals surface area contributed by atoms with E-state index in [1.165, 1.54) is 7.11 Å². The fourth-order valence-electron chi connectivity index (χ4n) is 5.95. The highest BCUT2D eigenvalue weighted by Gasteiger charge is 2.29. The Morgan fingerprint density at radius 1 is 0.581 bits per heavy atom. The van der Waals surface area contributed by atoms with Crippen LogP contribution in [0.25, 0.3) is 22.3 Å². The number of hydrogen-bond donors (Lipinski definition) is 0. The Bertz CT molecular complexity index is 1630. The van der Waals surface area contributed by atoms with Crippen LogP contribution in [0, 0.1) is 6.92 Å². The zero-order chi connectivity index (χ0) is 30.8. The molecule has 1 aliphatic rings. The van der Waals surface area contributed by atoms with Crippen LogP contribution in [0.5, 0.6) is 23.0 Å². The first-order chi connectivity index (χ1) is 20.8. The Morgan fingerprint density at radius 3 is 1.33 bits per heavy atom. The van der Waals surface area contributed by atoms with Crippen LogP contribution < -0.4 is 28.7 Å². The fourth-order valence-corrected chi connectivity index (χ4v) is 5.95. The Balaban J connectivity index is 1.67. The van der Waals surface area contributed by atoms with E-state index in [1.807, 2.05) is 19.1 Å². The summed E-state index contributed by atoms with van der Waals surface area (Å²) in [6.45, 7) is 7.86. The third kappa shape index (κ3) is 5.07. The maximum Gasteiger partial charge on any atom is 0.338 e. The first-order valence-corrected chi connectivity index (χ1v) is 14.2. The van der Waals surface area contributed by atoms with E-state index in [0.717, 1.165) is 75.2 Å². The van der Waals surface area contributed by atoms with Crippen LogP contribution in [0.2, 0.25) is 0 Å². The minimum atomic E-state index is -0.457. The lowest BCUT2D eigenvalue weighted by Crippen LogP contribution is -2.29. The molecule has 1 aliphatic heterocycles. The molecular weight excluding hydrogens is 544 g/mol. The van der Waals surface area contributed by atoms with Gasteiger partial charge in [0.05, 0.1) is 75.0 Å². The third-order valence-electron chi connectivity index (χ3n) is 7.90. The number of esters is 1. The molecule has 0 atom stereocenters. The summed E-state index contributed by atoms with van der Waals surface area (Å²) >= 11 is 0. The number of hydrogen-bond acceptors (Lipinski definition) is 8. The number of benzene rings is 4. The zero-order valence-electron chi connectivity index (χ0n) is 26.0. The van der Waals surface area contributed by atoms with Crippen molar-refractivity contribution in [2.45, 2.75) is 20.8 Å². The SMILES string of the molecule is CCN1c2ccc(-c3c(OC)cc(C(=O)OC)cc3OC)cc2N(CC)c2ccc(-c3c(OC)cc(C)cc3OC)cc21. The summed E-state index contributed by atoms with van der Waals surface area (Å²) in [5.74, 6) is 2.14. The predicted octanol–water partition coefficient (Wildman–Crippen LogP) is 7.78. The second-order valence-corrected chi connectivity index (χ2v) is 10.2. The zero-order valence-corrected chi connectivity index (χ0v) is 26.0. The van der Waals surface area contributed by atoms with Gasteiger partial charge in [-0.15, -0.1) is 0 Å². The Hall–Kier alpha value is -4.85. The second-order valence-electron chi connectivity index (χ2n) is 10.2. The van der Waals surface area contributed by atoms with Crippen molar-refractivity contribution >= 4 is 28.7 Å². The lowest BCUT2D eigenvalue weighted by atomic mass is 9.96. The van der Waals surface area contributed by atoms with Gasteiger partial charge in [0.15, 0.2) is 0 Å². The largest absolute Gasteiger partial charge is 0.496 e. The predicted molar refractivity (Wildman–Crippen MR) is 171 cm³/mol. The maximum atomic E-state index is 12.3. The van der Waals surface area contributed by atoms with Crippen LogP contribution in [0.15, 0.2) is 60.7 Å². The molecule has 4 aromatic rings. The first kappa shape index (κ1) is 29.6. The summed E-state index contributed by atoms with van der Waals surface area (Å²) in [6.07, 6.45) is 0. The Morgan fingerprint density at radius 2 is 0.977 bits per heavy atom. The number of methoxy groups -OCH3 is 5. The lowest BCUT2D eigenvalue weighted by Gasteiger charge is -2.40. The average Bonchev–Trinajstić information content (AvgIpc) is 3.04. The monoisotopic (exact) mass is 582 g/mol. The molecule has 4 aromatic carbocycles. The second kappa shape index (κ2) is 12.2. The molecular formula is C35H38N2O6. The van der Waals surface area contributed by atoms with Crippen molar-refractivity contribution in [3.05, 3.63) is 71.8 Å². The summed E-state index contributed by atoms with van der Waals surface area (Å²) in [5.41, 5.74) is 9.39. The highest BCUT2D eigenvalue weighted by Crippen LogP contribution is 2.52. The van der Waals surface area contributed by atoms with Gasteiger partial charge in [-0.1, -0.05) is 12.1 Å². The average molecular weight is 583 g/mol. The number of anilines is 4.